The molecule has 1 aromatic rings. The second kappa shape index (κ2) is 6.60. The van der Waals surface area contributed by atoms with Crippen molar-refractivity contribution in [3.63, 3.8) is 0 Å². The molecule has 0 aromatic carbocycles. The number of nitrogens with zero attached hydrogens (tertiary/aromatic N) is 2. The highest BCUT2D eigenvalue weighted by atomic mass is 16.2. The third-order valence-electron chi connectivity index (χ3n) is 4.58. The first-order valence-electron chi connectivity index (χ1n) is 8.07. The maximum atomic E-state index is 12.4. The molecular formula is C16H27N5O2. The molecule has 7 nitrogen and oxygen atoms in total. The van der Waals surface area contributed by atoms with Crippen molar-refractivity contribution in [3.8, 4) is 0 Å². The standard InChI is InChI=1S/C16H27N5O2/c1-15(2,3)12(10-21-9-8-18-11-21)19-14(23)20-16(13(17)22)6-4-5-7-16/h8-9,11-12H,4-7,10H2,1-3H3,(H2,17,22)(H2,19,20,23)/t12-/m1/s1. The Morgan fingerprint density at radius 2 is 2.00 bits per heavy atom. The number of amides is 3. The highest BCUT2D eigenvalue weighted by molar-refractivity contribution is 5.90. The zero-order valence-electron chi connectivity index (χ0n) is 14.1. The Morgan fingerprint density at radius 1 is 1.35 bits per heavy atom. The number of urea groups is 1. The van der Waals surface area contributed by atoms with Crippen molar-refractivity contribution in [1.82, 2.24) is 20.2 Å². The number of nitrogens with two attached hydrogens (primary N) is 1. The van der Waals surface area contributed by atoms with Gasteiger partial charge in [0.1, 0.15) is 5.54 Å². The maximum absolute atomic E-state index is 12.4. The van der Waals surface area contributed by atoms with Crippen molar-refractivity contribution in [3.05, 3.63) is 18.7 Å². The van der Waals surface area contributed by atoms with E-state index in [9.17, 15) is 9.59 Å². The first kappa shape index (κ1) is 17.3. The van der Waals surface area contributed by atoms with Crippen LogP contribution in [0.3, 0.4) is 0 Å². The van der Waals surface area contributed by atoms with Crippen molar-refractivity contribution in [2.45, 2.75) is 64.6 Å². The lowest BCUT2D eigenvalue weighted by Crippen LogP contribution is -2.60. The lowest BCUT2D eigenvalue weighted by molar-refractivity contribution is -0.123. The van der Waals surface area contributed by atoms with Gasteiger partial charge in [-0.15, -0.1) is 0 Å². The molecule has 0 saturated heterocycles. The number of rotatable bonds is 5. The van der Waals surface area contributed by atoms with Crippen LogP contribution in [-0.4, -0.2) is 33.1 Å². The zero-order chi connectivity index (χ0) is 17.1. The molecule has 4 N–H and O–H groups in total. The Bertz CT molecular complexity index is 541. The van der Waals surface area contributed by atoms with Crippen LogP contribution < -0.4 is 16.4 Å². The van der Waals surface area contributed by atoms with Crippen LogP contribution in [0.2, 0.25) is 0 Å². The number of carbonyl (C=O) groups is 2. The van der Waals surface area contributed by atoms with Gasteiger partial charge in [0.05, 0.1) is 12.4 Å². The van der Waals surface area contributed by atoms with E-state index in [4.69, 9.17) is 5.73 Å². The molecule has 0 spiro atoms. The summed E-state index contributed by atoms with van der Waals surface area (Å²) in [6.07, 6.45) is 8.32. The van der Waals surface area contributed by atoms with Gasteiger partial charge in [-0.05, 0) is 18.3 Å². The number of aromatic nitrogens is 2. The Kier molecular flexibility index (Phi) is 4.97. The average molecular weight is 321 g/mol. The van der Waals surface area contributed by atoms with Crippen molar-refractivity contribution in [2.75, 3.05) is 0 Å². The van der Waals surface area contributed by atoms with Crippen LogP contribution in [0.5, 0.6) is 0 Å². The van der Waals surface area contributed by atoms with Crippen molar-refractivity contribution < 1.29 is 9.59 Å². The molecule has 3 amide bonds. The summed E-state index contributed by atoms with van der Waals surface area (Å²) in [5.41, 5.74) is 4.47. The number of imidazole rings is 1. The molecule has 1 fully saturated rings. The lowest BCUT2D eigenvalue weighted by atomic mass is 9.86. The van der Waals surface area contributed by atoms with Crippen LogP contribution >= 0.6 is 0 Å². The normalized spacial score (nSPS) is 18.4. The molecule has 0 aliphatic heterocycles. The van der Waals surface area contributed by atoms with Gasteiger partial charge in [0, 0.05) is 18.9 Å². The lowest BCUT2D eigenvalue weighted by Gasteiger charge is -2.34. The van der Waals surface area contributed by atoms with E-state index >= 15 is 0 Å². The first-order chi connectivity index (χ1) is 10.7. The van der Waals surface area contributed by atoms with Gasteiger partial charge < -0.3 is 20.9 Å². The molecule has 0 radical (unpaired) electrons. The topological polar surface area (TPSA) is 102 Å². The maximum Gasteiger partial charge on any atom is 0.315 e. The van der Waals surface area contributed by atoms with E-state index in [1.165, 1.54) is 0 Å². The van der Waals surface area contributed by atoms with Crippen LogP contribution in [0.25, 0.3) is 0 Å². The number of hydrogen-bond donors (Lipinski definition) is 3. The van der Waals surface area contributed by atoms with Crippen LogP contribution in [0.4, 0.5) is 4.79 Å². The highest BCUT2D eigenvalue weighted by Gasteiger charge is 2.41. The van der Waals surface area contributed by atoms with E-state index in [-0.39, 0.29) is 17.5 Å². The fourth-order valence-corrected chi connectivity index (χ4v) is 2.96. The summed E-state index contributed by atoms with van der Waals surface area (Å²) < 4.78 is 1.93. The monoisotopic (exact) mass is 321 g/mol. The van der Waals surface area contributed by atoms with Gasteiger partial charge in [0.2, 0.25) is 5.91 Å². The largest absolute Gasteiger partial charge is 0.368 e. The number of carbonyl (C=O) groups excluding carboxylic acids is 2. The van der Waals surface area contributed by atoms with Crippen LogP contribution in [0.1, 0.15) is 46.5 Å². The molecule has 1 heterocycles. The van der Waals surface area contributed by atoms with E-state index in [1.807, 2.05) is 10.8 Å². The Labute approximate surface area is 137 Å². The molecule has 1 saturated carbocycles. The molecular weight excluding hydrogens is 294 g/mol. The van der Waals surface area contributed by atoms with Crippen molar-refractivity contribution in [2.24, 2.45) is 11.1 Å². The summed E-state index contributed by atoms with van der Waals surface area (Å²) >= 11 is 0. The fourth-order valence-electron chi connectivity index (χ4n) is 2.96. The van der Waals surface area contributed by atoms with Crippen molar-refractivity contribution >= 4 is 11.9 Å². The predicted octanol–water partition coefficient (Wildman–Crippen LogP) is 1.40. The fraction of sp³-hybridized carbons (Fsp3) is 0.688. The van der Waals surface area contributed by atoms with E-state index in [0.717, 1.165) is 12.8 Å². The van der Waals surface area contributed by atoms with Gasteiger partial charge in [-0.3, -0.25) is 4.79 Å². The Balaban J connectivity index is 2.04. The van der Waals surface area contributed by atoms with E-state index in [2.05, 4.69) is 36.4 Å². The molecule has 1 aliphatic rings. The van der Waals surface area contributed by atoms with Crippen LogP contribution in [0, 0.1) is 5.41 Å². The summed E-state index contributed by atoms with van der Waals surface area (Å²) in [7, 11) is 0. The third kappa shape index (κ3) is 4.24. The quantitative estimate of drug-likeness (QED) is 0.763. The minimum absolute atomic E-state index is 0.108. The van der Waals surface area contributed by atoms with Gasteiger partial charge in [0.15, 0.2) is 0 Å². The molecule has 1 aliphatic carbocycles. The molecule has 2 rings (SSSR count). The zero-order valence-corrected chi connectivity index (χ0v) is 14.1. The average Bonchev–Trinajstić information content (AvgIpc) is 3.08. The Morgan fingerprint density at radius 3 is 2.48 bits per heavy atom. The minimum Gasteiger partial charge on any atom is -0.368 e. The van der Waals surface area contributed by atoms with Crippen molar-refractivity contribution in [1.29, 1.82) is 0 Å². The van der Waals surface area contributed by atoms with Gasteiger partial charge in [-0.2, -0.15) is 0 Å². The number of hydrogen-bond acceptors (Lipinski definition) is 3. The molecule has 1 aromatic heterocycles. The molecule has 7 heteroatoms. The van der Waals surface area contributed by atoms with Gasteiger partial charge in [-0.25, -0.2) is 9.78 Å². The summed E-state index contributed by atoms with van der Waals surface area (Å²) in [6.45, 7) is 6.80. The smallest absolute Gasteiger partial charge is 0.315 e. The Hall–Kier alpha value is -2.05. The minimum atomic E-state index is -0.901. The number of nitrogens with one attached hydrogen (secondary N) is 2. The van der Waals surface area contributed by atoms with Crippen LogP contribution in [-0.2, 0) is 11.3 Å². The van der Waals surface area contributed by atoms with E-state index in [1.54, 1.807) is 12.5 Å². The van der Waals surface area contributed by atoms with Crippen LogP contribution in [0.15, 0.2) is 18.7 Å². The first-order valence-corrected chi connectivity index (χ1v) is 8.07. The van der Waals surface area contributed by atoms with E-state index in [0.29, 0.717) is 19.4 Å². The molecule has 0 bridgehead atoms. The van der Waals surface area contributed by atoms with Gasteiger partial charge >= 0.3 is 6.03 Å². The summed E-state index contributed by atoms with van der Waals surface area (Å²) in [5, 5.41) is 5.82. The second-order valence-electron chi connectivity index (χ2n) is 7.43. The van der Waals surface area contributed by atoms with Gasteiger partial charge in [0.25, 0.3) is 0 Å². The SMILES string of the molecule is CC(C)(C)[C@@H](Cn1ccnc1)NC(=O)NC1(C(N)=O)CCCC1. The summed E-state index contributed by atoms with van der Waals surface area (Å²) in [4.78, 5) is 28.2. The third-order valence-corrected chi connectivity index (χ3v) is 4.58. The van der Waals surface area contributed by atoms with Gasteiger partial charge in [-0.1, -0.05) is 33.6 Å². The molecule has 23 heavy (non-hydrogen) atoms. The summed E-state index contributed by atoms with van der Waals surface area (Å²) in [5.74, 6) is -0.452. The molecule has 128 valence electrons. The highest BCUT2D eigenvalue weighted by Crippen LogP contribution is 2.29. The second-order valence-corrected chi connectivity index (χ2v) is 7.43. The summed E-state index contributed by atoms with van der Waals surface area (Å²) in [6, 6.07) is -0.450. The number of primary amides is 1. The molecule has 1 atom stereocenters. The predicted molar refractivity (Wildman–Crippen MR) is 87.5 cm³/mol. The molecule has 0 unspecified atom stereocenters. The van der Waals surface area contributed by atoms with E-state index < -0.39 is 11.4 Å².